The number of ketones is 1. The summed E-state index contributed by atoms with van der Waals surface area (Å²) < 4.78 is 10.8. The molecule has 1 aliphatic heterocycles. The van der Waals surface area contributed by atoms with Crippen molar-refractivity contribution in [3.05, 3.63) is 94.1 Å². The molecule has 2 aromatic rings. The SMILES string of the molecule is COC(=O)C1=C(N)OC2=C(C(=O)C[C@@H](c3ccccc3)C2)[C@@H]1c1ccccc1C. The van der Waals surface area contributed by atoms with Crippen LogP contribution < -0.4 is 5.73 Å². The number of carbonyl (C=O) groups excluding carboxylic acids is 2. The first kappa shape index (κ1) is 19.0. The van der Waals surface area contributed by atoms with Gasteiger partial charge in [0.15, 0.2) is 5.78 Å². The van der Waals surface area contributed by atoms with E-state index in [1.165, 1.54) is 7.11 Å². The fourth-order valence-electron chi connectivity index (χ4n) is 4.30. The number of allylic oxidation sites excluding steroid dienone is 2. The molecule has 2 N–H and O–H groups in total. The van der Waals surface area contributed by atoms with Crippen LogP contribution in [0.15, 0.2) is 77.4 Å². The van der Waals surface area contributed by atoms with Crippen molar-refractivity contribution < 1.29 is 19.1 Å². The van der Waals surface area contributed by atoms with Gasteiger partial charge in [-0.2, -0.15) is 0 Å². The number of aryl methyl sites for hydroxylation is 1. The van der Waals surface area contributed by atoms with Crippen molar-refractivity contribution in [1.29, 1.82) is 0 Å². The highest BCUT2D eigenvalue weighted by Crippen LogP contribution is 2.47. The van der Waals surface area contributed by atoms with Crippen LogP contribution in [0.4, 0.5) is 0 Å². The molecule has 0 aromatic heterocycles. The summed E-state index contributed by atoms with van der Waals surface area (Å²) in [5.41, 5.74) is 9.80. The molecule has 148 valence electrons. The molecule has 2 atom stereocenters. The molecule has 0 saturated heterocycles. The number of Topliss-reactive ketones (excluding diaryl/α,β-unsaturated/α-hetero) is 1. The minimum atomic E-state index is -0.586. The van der Waals surface area contributed by atoms with Gasteiger partial charge in [-0.25, -0.2) is 4.79 Å². The predicted molar refractivity (Wildman–Crippen MR) is 109 cm³/mol. The molecule has 4 rings (SSSR count). The van der Waals surface area contributed by atoms with Gasteiger partial charge >= 0.3 is 5.97 Å². The maximum absolute atomic E-state index is 13.3. The summed E-state index contributed by atoms with van der Waals surface area (Å²) in [5.74, 6) is -0.620. The van der Waals surface area contributed by atoms with E-state index in [2.05, 4.69) is 0 Å². The first-order chi connectivity index (χ1) is 14.0. The van der Waals surface area contributed by atoms with Crippen LogP contribution in [0.25, 0.3) is 0 Å². The second-order valence-corrected chi connectivity index (χ2v) is 7.44. The monoisotopic (exact) mass is 389 g/mol. The quantitative estimate of drug-likeness (QED) is 0.807. The maximum Gasteiger partial charge on any atom is 0.340 e. The van der Waals surface area contributed by atoms with Crippen molar-refractivity contribution in [2.75, 3.05) is 7.11 Å². The Kier molecular flexibility index (Phi) is 4.97. The summed E-state index contributed by atoms with van der Waals surface area (Å²) >= 11 is 0. The second kappa shape index (κ2) is 7.59. The molecule has 0 amide bonds. The molecule has 2 aromatic carbocycles. The van der Waals surface area contributed by atoms with Crippen LogP contribution in [-0.2, 0) is 19.1 Å². The smallest absolute Gasteiger partial charge is 0.340 e. The Balaban J connectivity index is 1.84. The first-order valence-electron chi connectivity index (χ1n) is 9.63. The van der Waals surface area contributed by atoms with E-state index in [1.807, 2.05) is 61.5 Å². The van der Waals surface area contributed by atoms with Gasteiger partial charge in [-0.1, -0.05) is 54.6 Å². The van der Waals surface area contributed by atoms with E-state index >= 15 is 0 Å². The van der Waals surface area contributed by atoms with E-state index < -0.39 is 11.9 Å². The zero-order valence-corrected chi connectivity index (χ0v) is 16.5. The number of esters is 1. The van der Waals surface area contributed by atoms with Gasteiger partial charge in [-0.3, -0.25) is 4.79 Å². The van der Waals surface area contributed by atoms with Crippen LogP contribution in [0.1, 0.15) is 41.4 Å². The molecule has 29 heavy (non-hydrogen) atoms. The summed E-state index contributed by atoms with van der Waals surface area (Å²) in [6, 6.07) is 17.6. The zero-order valence-electron chi connectivity index (χ0n) is 16.5. The molecular formula is C24H23NO4. The number of ether oxygens (including phenoxy) is 2. The van der Waals surface area contributed by atoms with Crippen LogP contribution in [0.5, 0.6) is 0 Å². The van der Waals surface area contributed by atoms with Crippen LogP contribution in [-0.4, -0.2) is 18.9 Å². The lowest BCUT2D eigenvalue weighted by Gasteiger charge is -2.35. The third-order valence-electron chi connectivity index (χ3n) is 5.72. The minimum absolute atomic E-state index is 0.00497. The average molecular weight is 389 g/mol. The molecule has 5 heteroatoms. The van der Waals surface area contributed by atoms with Crippen molar-refractivity contribution in [3.63, 3.8) is 0 Å². The summed E-state index contributed by atoms with van der Waals surface area (Å²) in [6.07, 6.45) is 0.922. The van der Waals surface area contributed by atoms with E-state index in [0.717, 1.165) is 16.7 Å². The Morgan fingerprint density at radius 3 is 2.45 bits per heavy atom. The molecule has 1 heterocycles. The number of hydrogen-bond donors (Lipinski definition) is 1. The largest absolute Gasteiger partial charge is 0.465 e. The molecule has 5 nitrogen and oxygen atoms in total. The van der Waals surface area contributed by atoms with Gasteiger partial charge < -0.3 is 15.2 Å². The molecule has 0 spiro atoms. The second-order valence-electron chi connectivity index (χ2n) is 7.44. The van der Waals surface area contributed by atoms with E-state index in [-0.39, 0.29) is 23.2 Å². The summed E-state index contributed by atoms with van der Waals surface area (Å²) in [7, 11) is 1.30. The lowest BCUT2D eigenvalue weighted by molar-refractivity contribution is -0.136. The van der Waals surface area contributed by atoms with Gasteiger partial charge in [0.05, 0.1) is 13.0 Å². The predicted octanol–water partition coefficient (Wildman–Crippen LogP) is 3.85. The van der Waals surface area contributed by atoms with Crippen LogP contribution in [0.3, 0.4) is 0 Å². The van der Waals surface area contributed by atoms with Gasteiger partial charge in [0.2, 0.25) is 5.88 Å². The fourth-order valence-corrected chi connectivity index (χ4v) is 4.30. The molecule has 2 aliphatic rings. The third-order valence-corrected chi connectivity index (χ3v) is 5.72. The van der Waals surface area contributed by atoms with Gasteiger partial charge in [-0.15, -0.1) is 0 Å². The Hall–Kier alpha value is -3.34. The van der Waals surface area contributed by atoms with E-state index in [1.54, 1.807) is 0 Å². The van der Waals surface area contributed by atoms with Crippen LogP contribution in [0, 0.1) is 6.92 Å². The van der Waals surface area contributed by atoms with Crippen molar-refractivity contribution in [2.45, 2.75) is 31.6 Å². The van der Waals surface area contributed by atoms with E-state index in [4.69, 9.17) is 15.2 Å². The zero-order chi connectivity index (χ0) is 20.5. The highest BCUT2D eigenvalue weighted by Gasteiger charge is 2.43. The fraction of sp³-hybridized carbons (Fsp3) is 0.250. The molecular weight excluding hydrogens is 366 g/mol. The average Bonchev–Trinajstić information content (AvgIpc) is 2.73. The van der Waals surface area contributed by atoms with Crippen molar-refractivity contribution in [1.82, 2.24) is 0 Å². The number of carbonyl (C=O) groups is 2. The Morgan fingerprint density at radius 2 is 1.76 bits per heavy atom. The summed E-state index contributed by atoms with van der Waals surface area (Å²) in [5, 5.41) is 0. The number of benzene rings is 2. The summed E-state index contributed by atoms with van der Waals surface area (Å²) in [4.78, 5) is 25.9. The first-order valence-corrected chi connectivity index (χ1v) is 9.63. The number of nitrogens with two attached hydrogens (primary N) is 1. The number of methoxy groups -OCH3 is 1. The lowest BCUT2D eigenvalue weighted by atomic mass is 9.72. The molecule has 0 saturated carbocycles. The Bertz CT molecular complexity index is 1040. The van der Waals surface area contributed by atoms with Crippen LogP contribution in [0.2, 0.25) is 0 Å². The lowest BCUT2D eigenvalue weighted by Crippen LogP contribution is -2.33. The molecule has 0 fully saturated rings. The van der Waals surface area contributed by atoms with Gasteiger partial charge in [0.25, 0.3) is 0 Å². The van der Waals surface area contributed by atoms with Crippen molar-refractivity contribution in [2.24, 2.45) is 5.73 Å². The normalized spacial score (nSPS) is 21.5. The molecule has 0 radical (unpaired) electrons. The molecule has 0 unspecified atom stereocenters. The topological polar surface area (TPSA) is 78.6 Å². The number of rotatable bonds is 3. The van der Waals surface area contributed by atoms with Gasteiger partial charge in [0, 0.05) is 18.4 Å². The highest BCUT2D eigenvalue weighted by atomic mass is 16.5. The third kappa shape index (κ3) is 3.33. The van der Waals surface area contributed by atoms with E-state index in [0.29, 0.717) is 24.2 Å². The standard InChI is InChI=1S/C24H23NO4/c1-14-8-6-7-11-17(14)20-21-18(26)12-16(15-9-4-3-5-10-15)13-19(21)29-23(25)22(20)24(27)28-2/h3-11,16,20H,12-13,25H2,1-2H3/t16-,20+/m1/s1. The van der Waals surface area contributed by atoms with Gasteiger partial charge in [-0.05, 0) is 29.5 Å². The van der Waals surface area contributed by atoms with Crippen molar-refractivity contribution in [3.8, 4) is 0 Å². The maximum atomic E-state index is 13.3. The molecule has 1 aliphatic carbocycles. The Labute approximate surface area is 169 Å². The van der Waals surface area contributed by atoms with Gasteiger partial charge in [0.1, 0.15) is 11.3 Å². The van der Waals surface area contributed by atoms with E-state index in [9.17, 15) is 9.59 Å². The highest BCUT2D eigenvalue weighted by molar-refractivity contribution is 6.03. The molecule has 0 bridgehead atoms. The van der Waals surface area contributed by atoms with Crippen LogP contribution >= 0.6 is 0 Å². The Morgan fingerprint density at radius 1 is 1.07 bits per heavy atom. The van der Waals surface area contributed by atoms with Crippen molar-refractivity contribution >= 4 is 11.8 Å². The number of hydrogen-bond acceptors (Lipinski definition) is 5. The summed E-state index contributed by atoms with van der Waals surface area (Å²) in [6.45, 7) is 1.95. The minimum Gasteiger partial charge on any atom is -0.465 e.